The van der Waals surface area contributed by atoms with Crippen LogP contribution in [0.1, 0.15) is 51.1 Å². The number of hydrogen-bond donors (Lipinski definition) is 2. The topological polar surface area (TPSA) is 67.3 Å². The molecule has 2 rings (SSSR count). The molecule has 5 nitrogen and oxygen atoms in total. The molecule has 112 valence electrons. The molecule has 1 aromatic heterocycles. The van der Waals surface area contributed by atoms with Gasteiger partial charge in [-0.15, -0.1) is 0 Å². The summed E-state index contributed by atoms with van der Waals surface area (Å²) in [6.45, 7) is 4.93. The molecule has 1 saturated carbocycles. The average molecular weight is 279 g/mol. The lowest BCUT2D eigenvalue weighted by atomic mass is 9.95. The summed E-state index contributed by atoms with van der Waals surface area (Å²) >= 11 is 0. The van der Waals surface area contributed by atoms with Crippen molar-refractivity contribution >= 4 is 5.95 Å². The van der Waals surface area contributed by atoms with Gasteiger partial charge >= 0.3 is 0 Å². The van der Waals surface area contributed by atoms with Gasteiger partial charge in [0.15, 0.2) is 0 Å². The quantitative estimate of drug-likeness (QED) is 0.811. The van der Waals surface area contributed by atoms with Gasteiger partial charge in [-0.2, -0.15) is 4.98 Å². The molecule has 5 heteroatoms. The van der Waals surface area contributed by atoms with Crippen LogP contribution in [0.3, 0.4) is 0 Å². The Kier molecular flexibility index (Phi) is 5.17. The molecule has 1 heterocycles. The van der Waals surface area contributed by atoms with Crippen molar-refractivity contribution in [2.24, 2.45) is 0 Å². The first-order chi connectivity index (χ1) is 9.61. The maximum atomic E-state index is 10.6. The Labute approximate surface area is 120 Å². The Morgan fingerprint density at radius 1 is 1.25 bits per heavy atom. The van der Waals surface area contributed by atoms with Crippen molar-refractivity contribution in [3.05, 3.63) is 11.8 Å². The van der Waals surface area contributed by atoms with Crippen LogP contribution in [0.5, 0.6) is 5.88 Å². The van der Waals surface area contributed by atoms with E-state index in [9.17, 15) is 5.11 Å². The molecule has 0 saturated heterocycles. The molecule has 0 aliphatic heterocycles. The Morgan fingerprint density at radius 2 is 1.95 bits per heavy atom. The van der Waals surface area contributed by atoms with Gasteiger partial charge in [-0.3, -0.25) is 0 Å². The van der Waals surface area contributed by atoms with Gasteiger partial charge in [0.2, 0.25) is 11.8 Å². The van der Waals surface area contributed by atoms with E-state index in [1.165, 1.54) is 12.8 Å². The highest BCUT2D eigenvalue weighted by Gasteiger charge is 2.27. The van der Waals surface area contributed by atoms with E-state index in [2.05, 4.69) is 15.3 Å². The first kappa shape index (κ1) is 15.0. The van der Waals surface area contributed by atoms with Gasteiger partial charge in [-0.25, -0.2) is 4.98 Å². The highest BCUT2D eigenvalue weighted by Crippen LogP contribution is 2.27. The molecule has 1 aliphatic rings. The minimum atomic E-state index is -0.630. The zero-order valence-corrected chi connectivity index (χ0v) is 12.5. The summed E-state index contributed by atoms with van der Waals surface area (Å²) in [4.78, 5) is 8.65. The smallest absolute Gasteiger partial charge is 0.226 e. The molecular formula is C15H25N3O2. The standard InChI is InChI=1S/C15H25N3O2/c1-3-20-13-10-12(2)17-14(18-13)16-11-15(19)8-6-4-5-7-9-15/h10,19H,3-9,11H2,1-2H3,(H,16,17,18). The zero-order valence-electron chi connectivity index (χ0n) is 12.5. The van der Waals surface area contributed by atoms with E-state index in [-0.39, 0.29) is 0 Å². The third-order valence-electron chi connectivity index (χ3n) is 3.73. The van der Waals surface area contributed by atoms with Crippen LogP contribution in [0.4, 0.5) is 5.95 Å². The van der Waals surface area contributed by atoms with Gasteiger partial charge in [0.25, 0.3) is 0 Å². The highest BCUT2D eigenvalue weighted by molar-refractivity contribution is 5.31. The van der Waals surface area contributed by atoms with Gasteiger partial charge in [0.05, 0.1) is 12.2 Å². The minimum Gasteiger partial charge on any atom is -0.478 e. The van der Waals surface area contributed by atoms with E-state index < -0.39 is 5.60 Å². The summed E-state index contributed by atoms with van der Waals surface area (Å²) in [5.41, 5.74) is 0.230. The lowest BCUT2D eigenvalue weighted by Gasteiger charge is -2.26. The molecule has 1 aromatic rings. The third kappa shape index (κ3) is 4.34. The second kappa shape index (κ2) is 6.88. The largest absolute Gasteiger partial charge is 0.478 e. The molecule has 2 N–H and O–H groups in total. The molecule has 0 bridgehead atoms. The first-order valence-corrected chi connectivity index (χ1v) is 7.56. The van der Waals surface area contributed by atoms with Gasteiger partial charge in [0, 0.05) is 18.3 Å². The molecule has 1 fully saturated rings. The second-order valence-corrected chi connectivity index (χ2v) is 5.60. The number of aromatic nitrogens is 2. The van der Waals surface area contributed by atoms with Crippen LogP contribution < -0.4 is 10.1 Å². The SMILES string of the molecule is CCOc1cc(C)nc(NCC2(O)CCCCCC2)n1. The lowest BCUT2D eigenvalue weighted by Crippen LogP contribution is -2.36. The number of hydrogen-bond acceptors (Lipinski definition) is 5. The lowest BCUT2D eigenvalue weighted by molar-refractivity contribution is 0.0379. The van der Waals surface area contributed by atoms with Gasteiger partial charge < -0.3 is 15.2 Å². The third-order valence-corrected chi connectivity index (χ3v) is 3.73. The monoisotopic (exact) mass is 279 g/mol. The van der Waals surface area contributed by atoms with Crippen LogP contribution in [-0.4, -0.2) is 33.8 Å². The van der Waals surface area contributed by atoms with Gasteiger partial charge in [-0.05, 0) is 26.7 Å². The summed E-state index contributed by atoms with van der Waals surface area (Å²) in [7, 11) is 0. The average Bonchev–Trinajstić information content (AvgIpc) is 2.62. The Hall–Kier alpha value is -1.36. The van der Waals surface area contributed by atoms with Crippen molar-refractivity contribution in [3.63, 3.8) is 0 Å². The van der Waals surface area contributed by atoms with Crippen molar-refractivity contribution in [1.82, 2.24) is 9.97 Å². The van der Waals surface area contributed by atoms with Gasteiger partial charge in [0.1, 0.15) is 0 Å². The van der Waals surface area contributed by atoms with Crippen molar-refractivity contribution in [2.75, 3.05) is 18.5 Å². The van der Waals surface area contributed by atoms with Crippen molar-refractivity contribution in [3.8, 4) is 5.88 Å². The molecule has 1 aliphatic carbocycles. The fourth-order valence-electron chi connectivity index (χ4n) is 2.65. The number of anilines is 1. The van der Waals surface area contributed by atoms with E-state index in [0.717, 1.165) is 31.4 Å². The molecule has 0 unspecified atom stereocenters. The molecule has 0 amide bonds. The number of rotatable bonds is 5. The molecular weight excluding hydrogens is 254 g/mol. The Balaban J connectivity index is 1.98. The van der Waals surface area contributed by atoms with Crippen LogP contribution in [-0.2, 0) is 0 Å². The van der Waals surface area contributed by atoms with Crippen molar-refractivity contribution in [2.45, 2.75) is 58.0 Å². The summed E-state index contributed by atoms with van der Waals surface area (Å²) in [5, 5.41) is 13.8. The van der Waals surface area contributed by atoms with E-state index >= 15 is 0 Å². The van der Waals surface area contributed by atoms with E-state index in [1.54, 1.807) is 0 Å². The zero-order chi connectivity index (χ0) is 14.4. The van der Waals surface area contributed by atoms with Crippen LogP contribution in [0.2, 0.25) is 0 Å². The number of aliphatic hydroxyl groups is 1. The number of ether oxygens (including phenoxy) is 1. The van der Waals surface area contributed by atoms with Crippen LogP contribution in [0, 0.1) is 6.92 Å². The minimum absolute atomic E-state index is 0.502. The fraction of sp³-hybridized carbons (Fsp3) is 0.733. The number of nitrogens with zero attached hydrogens (tertiary/aromatic N) is 2. The maximum absolute atomic E-state index is 10.6. The fourth-order valence-corrected chi connectivity index (χ4v) is 2.65. The number of aryl methyl sites for hydroxylation is 1. The van der Waals surface area contributed by atoms with Crippen LogP contribution in [0.25, 0.3) is 0 Å². The van der Waals surface area contributed by atoms with Crippen LogP contribution in [0.15, 0.2) is 6.07 Å². The normalized spacial score (nSPS) is 18.4. The van der Waals surface area contributed by atoms with E-state index in [0.29, 0.717) is 25.0 Å². The van der Waals surface area contributed by atoms with Crippen molar-refractivity contribution in [1.29, 1.82) is 0 Å². The van der Waals surface area contributed by atoms with Crippen LogP contribution >= 0.6 is 0 Å². The molecule has 20 heavy (non-hydrogen) atoms. The van der Waals surface area contributed by atoms with E-state index in [1.807, 2.05) is 19.9 Å². The van der Waals surface area contributed by atoms with Crippen molar-refractivity contribution < 1.29 is 9.84 Å². The molecule has 0 atom stereocenters. The summed E-state index contributed by atoms with van der Waals surface area (Å²) in [6.07, 6.45) is 6.33. The molecule has 0 aromatic carbocycles. The predicted molar refractivity (Wildman–Crippen MR) is 79.1 cm³/mol. The summed E-state index contributed by atoms with van der Waals surface area (Å²) < 4.78 is 5.41. The highest BCUT2D eigenvalue weighted by atomic mass is 16.5. The summed E-state index contributed by atoms with van der Waals surface area (Å²) in [5.74, 6) is 1.11. The summed E-state index contributed by atoms with van der Waals surface area (Å²) in [6, 6.07) is 1.81. The molecule has 0 spiro atoms. The first-order valence-electron chi connectivity index (χ1n) is 7.56. The Morgan fingerprint density at radius 3 is 2.60 bits per heavy atom. The number of nitrogens with one attached hydrogen (secondary N) is 1. The van der Waals surface area contributed by atoms with Gasteiger partial charge in [-0.1, -0.05) is 25.7 Å². The predicted octanol–water partition coefficient (Wildman–Crippen LogP) is 2.68. The molecule has 0 radical (unpaired) electrons. The second-order valence-electron chi connectivity index (χ2n) is 5.60. The maximum Gasteiger partial charge on any atom is 0.226 e. The Bertz CT molecular complexity index is 429. The van der Waals surface area contributed by atoms with E-state index in [4.69, 9.17) is 4.74 Å².